The molecule has 2 aromatic rings. The Bertz CT molecular complexity index is 659. The number of ether oxygens (including phenoxy) is 1. The Balaban J connectivity index is 2.26. The van der Waals surface area contributed by atoms with Crippen LogP contribution < -0.4 is 15.8 Å². The summed E-state index contributed by atoms with van der Waals surface area (Å²) in [5.41, 5.74) is 7.64. The second-order valence-corrected chi connectivity index (χ2v) is 4.49. The number of hydrogen-bond acceptors (Lipinski definition) is 4. The van der Waals surface area contributed by atoms with Gasteiger partial charge in [-0.15, -0.1) is 0 Å². The van der Waals surface area contributed by atoms with Crippen LogP contribution in [0.15, 0.2) is 36.4 Å². The van der Waals surface area contributed by atoms with Crippen LogP contribution in [0.3, 0.4) is 0 Å². The van der Waals surface area contributed by atoms with Crippen molar-refractivity contribution < 1.29 is 14.6 Å². The van der Waals surface area contributed by atoms with E-state index in [9.17, 15) is 4.79 Å². The molecule has 0 aromatic heterocycles. The number of aromatic carboxylic acids is 1. The molecule has 0 atom stereocenters. The van der Waals surface area contributed by atoms with Gasteiger partial charge < -0.3 is 20.9 Å². The average Bonchev–Trinajstić information content (AvgIpc) is 2.41. The van der Waals surface area contributed by atoms with Gasteiger partial charge in [-0.2, -0.15) is 0 Å². The Morgan fingerprint density at radius 2 is 2.05 bits per heavy atom. The van der Waals surface area contributed by atoms with Crippen LogP contribution in [0.25, 0.3) is 0 Å². The SMILES string of the molecule is COc1ccc(Nc2ccc(C(=O)O)cc2N)cc1Cl. The smallest absolute Gasteiger partial charge is 0.335 e. The molecule has 0 fully saturated rings. The fourth-order valence-corrected chi connectivity index (χ4v) is 1.97. The molecule has 0 spiro atoms. The molecule has 0 saturated carbocycles. The molecule has 20 heavy (non-hydrogen) atoms. The van der Waals surface area contributed by atoms with Gasteiger partial charge >= 0.3 is 5.97 Å². The average molecular weight is 293 g/mol. The highest BCUT2D eigenvalue weighted by atomic mass is 35.5. The first-order valence-corrected chi connectivity index (χ1v) is 6.12. The first kappa shape index (κ1) is 14.0. The second kappa shape index (κ2) is 5.71. The van der Waals surface area contributed by atoms with Crippen molar-refractivity contribution in [3.8, 4) is 5.75 Å². The predicted molar refractivity (Wildman–Crippen MR) is 79.1 cm³/mol. The summed E-state index contributed by atoms with van der Waals surface area (Å²) in [6, 6.07) is 9.70. The van der Waals surface area contributed by atoms with Crippen molar-refractivity contribution in [3.63, 3.8) is 0 Å². The van der Waals surface area contributed by atoms with E-state index >= 15 is 0 Å². The zero-order valence-electron chi connectivity index (χ0n) is 10.7. The third-order valence-electron chi connectivity index (χ3n) is 2.73. The van der Waals surface area contributed by atoms with Crippen molar-refractivity contribution in [2.75, 3.05) is 18.2 Å². The van der Waals surface area contributed by atoms with E-state index in [2.05, 4.69) is 5.32 Å². The van der Waals surface area contributed by atoms with Gasteiger partial charge in [0.1, 0.15) is 5.75 Å². The van der Waals surface area contributed by atoms with Gasteiger partial charge in [0.25, 0.3) is 0 Å². The molecule has 104 valence electrons. The molecular formula is C14H13ClN2O3. The van der Waals surface area contributed by atoms with E-state index in [1.807, 2.05) is 0 Å². The molecule has 0 radical (unpaired) electrons. The predicted octanol–water partition coefficient (Wildman–Crippen LogP) is 3.37. The molecule has 4 N–H and O–H groups in total. The van der Waals surface area contributed by atoms with E-state index in [0.717, 1.165) is 5.69 Å². The minimum Gasteiger partial charge on any atom is -0.495 e. The maximum absolute atomic E-state index is 10.8. The maximum Gasteiger partial charge on any atom is 0.335 e. The van der Waals surface area contributed by atoms with Gasteiger partial charge in [0, 0.05) is 5.69 Å². The van der Waals surface area contributed by atoms with Crippen molar-refractivity contribution in [1.29, 1.82) is 0 Å². The number of benzene rings is 2. The molecular weight excluding hydrogens is 280 g/mol. The lowest BCUT2D eigenvalue weighted by atomic mass is 10.1. The van der Waals surface area contributed by atoms with Crippen LogP contribution >= 0.6 is 11.6 Å². The summed E-state index contributed by atoms with van der Waals surface area (Å²) in [4.78, 5) is 10.8. The summed E-state index contributed by atoms with van der Waals surface area (Å²) in [5, 5.41) is 12.4. The minimum absolute atomic E-state index is 0.140. The number of carbonyl (C=O) groups is 1. The fourth-order valence-electron chi connectivity index (χ4n) is 1.71. The molecule has 0 unspecified atom stereocenters. The topological polar surface area (TPSA) is 84.6 Å². The normalized spacial score (nSPS) is 10.1. The Morgan fingerprint density at radius 1 is 1.30 bits per heavy atom. The summed E-state index contributed by atoms with van der Waals surface area (Å²) in [5.74, 6) is -0.442. The van der Waals surface area contributed by atoms with Crippen molar-refractivity contribution in [1.82, 2.24) is 0 Å². The number of nitrogen functional groups attached to an aromatic ring is 1. The molecule has 5 nitrogen and oxygen atoms in total. The van der Waals surface area contributed by atoms with Crippen LogP contribution in [0.5, 0.6) is 5.75 Å². The summed E-state index contributed by atoms with van der Waals surface area (Å²) < 4.78 is 5.07. The van der Waals surface area contributed by atoms with Crippen LogP contribution in [0.4, 0.5) is 17.1 Å². The minimum atomic E-state index is -1.02. The lowest BCUT2D eigenvalue weighted by Crippen LogP contribution is -2.01. The van der Waals surface area contributed by atoms with Gasteiger partial charge in [0.05, 0.1) is 29.1 Å². The molecule has 2 aromatic carbocycles. The monoisotopic (exact) mass is 292 g/mol. The third kappa shape index (κ3) is 2.95. The largest absolute Gasteiger partial charge is 0.495 e. The quantitative estimate of drug-likeness (QED) is 0.752. The Labute approximate surface area is 120 Å². The number of carboxylic acids is 1. The maximum atomic E-state index is 10.8. The standard InChI is InChI=1S/C14H13ClN2O3/c1-20-13-5-3-9(7-10(13)15)17-12-4-2-8(14(18)19)6-11(12)16/h2-7,17H,16H2,1H3,(H,18,19). The lowest BCUT2D eigenvalue weighted by molar-refractivity contribution is 0.0697. The number of carboxylic acid groups (broad SMARTS) is 1. The first-order valence-electron chi connectivity index (χ1n) is 5.74. The van der Waals surface area contributed by atoms with Gasteiger partial charge in [-0.05, 0) is 36.4 Å². The van der Waals surface area contributed by atoms with Crippen molar-refractivity contribution in [2.24, 2.45) is 0 Å². The Hall–Kier alpha value is -2.40. The number of nitrogens with two attached hydrogens (primary N) is 1. The second-order valence-electron chi connectivity index (χ2n) is 4.08. The Kier molecular flexibility index (Phi) is 4.00. The van der Waals surface area contributed by atoms with Gasteiger partial charge in [-0.3, -0.25) is 0 Å². The summed E-state index contributed by atoms with van der Waals surface area (Å²) in [6.07, 6.45) is 0. The number of methoxy groups -OCH3 is 1. The van der Waals surface area contributed by atoms with E-state index < -0.39 is 5.97 Å². The number of rotatable bonds is 4. The lowest BCUT2D eigenvalue weighted by Gasteiger charge is -2.11. The third-order valence-corrected chi connectivity index (χ3v) is 3.02. The van der Waals surface area contributed by atoms with E-state index in [1.165, 1.54) is 19.2 Å². The molecule has 0 aliphatic rings. The van der Waals surface area contributed by atoms with E-state index in [-0.39, 0.29) is 5.56 Å². The molecule has 0 bridgehead atoms. The zero-order chi connectivity index (χ0) is 14.7. The molecule has 0 heterocycles. The highest BCUT2D eigenvalue weighted by Gasteiger charge is 2.07. The van der Waals surface area contributed by atoms with E-state index in [0.29, 0.717) is 22.1 Å². The van der Waals surface area contributed by atoms with E-state index in [1.54, 1.807) is 24.3 Å². The van der Waals surface area contributed by atoms with Gasteiger partial charge in [0.15, 0.2) is 0 Å². The highest BCUT2D eigenvalue weighted by Crippen LogP contribution is 2.30. The highest BCUT2D eigenvalue weighted by molar-refractivity contribution is 6.32. The van der Waals surface area contributed by atoms with Crippen LogP contribution in [0.1, 0.15) is 10.4 Å². The van der Waals surface area contributed by atoms with Gasteiger partial charge in [-0.1, -0.05) is 11.6 Å². The fraction of sp³-hybridized carbons (Fsp3) is 0.0714. The summed E-state index contributed by atoms with van der Waals surface area (Å²) in [6.45, 7) is 0. The number of hydrogen-bond donors (Lipinski definition) is 3. The van der Waals surface area contributed by atoms with Gasteiger partial charge in [-0.25, -0.2) is 4.79 Å². The van der Waals surface area contributed by atoms with Crippen LogP contribution in [-0.2, 0) is 0 Å². The zero-order valence-corrected chi connectivity index (χ0v) is 11.4. The molecule has 0 aliphatic heterocycles. The van der Waals surface area contributed by atoms with Crippen molar-refractivity contribution in [2.45, 2.75) is 0 Å². The van der Waals surface area contributed by atoms with E-state index in [4.69, 9.17) is 27.2 Å². The first-order chi connectivity index (χ1) is 9.51. The van der Waals surface area contributed by atoms with Crippen LogP contribution in [-0.4, -0.2) is 18.2 Å². The number of anilines is 3. The van der Waals surface area contributed by atoms with Crippen LogP contribution in [0, 0.1) is 0 Å². The van der Waals surface area contributed by atoms with Gasteiger partial charge in [0.2, 0.25) is 0 Å². The molecule has 0 aliphatic carbocycles. The molecule has 6 heteroatoms. The van der Waals surface area contributed by atoms with Crippen molar-refractivity contribution in [3.05, 3.63) is 47.0 Å². The molecule has 2 rings (SSSR count). The van der Waals surface area contributed by atoms with Crippen molar-refractivity contribution >= 4 is 34.6 Å². The summed E-state index contributed by atoms with van der Waals surface area (Å²) >= 11 is 6.03. The number of halogens is 1. The summed E-state index contributed by atoms with van der Waals surface area (Å²) in [7, 11) is 1.54. The van der Waals surface area contributed by atoms with Crippen LogP contribution in [0.2, 0.25) is 5.02 Å². The number of nitrogens with one attached hydrogen (secondary N) is 1. The molecule has 0 amide bonds. The molecule has 0 saturated heterocycles. The Morgan fingerprint density at radius 3 is 2.60 bits per heavy atom.